The van der Waals surface area contributed by atoms with Crippen molar-refractivity contribution >= 4 is 38.5 Å². The minimum absolute atomic E-state index is 0.0486. The maximum atomic E-state index is 12.6. The van der Waals surface area contributed by atoms with Crippen molar-refractivity contribution in [1.82, 2.24) is 20.1 Å². The molecule has 0 radical (unpaired) electrons. The number of rotatable bonds is 11. The van der Waals surface area contributed by atoms with Crippen LogP contribution in [0.5, 0.6) is 0 Å². The second kappa shape index (κ2) is 10.9. The van der Waals surface area contributed by atoms with Gasteiger partial charge in [-0.2, -0.15) is 0 Å². The Bertz CT molecular complexity index is 887. The molecule has 0 atom stereocenters. The van der Waals surface area contributed by atoms with Crippen molar-refractivity contribution < 1.29 is 9.59 Å². The Morgan fingerprint density at radius 3 is 2.68 bits per heavy atom. The van der Waals surface area contributed by atoms with E-state index in [0.29, 0.717) is 30.6 Å². The third-order valence-electron chi connectivity index (χ3n) is 5.69. The van der Waals surface area contributed by atoms with Crippen LogP contribution in [0.4, 0.5) is 5.13 Å². The Labute approximate surface area is 189 Å². The molecule has 2 amide bonds. The summed E-state index contributed by atoms with van der Waals surface area (Å²) < 4.78 is 0.996. The first-order chi connectivity index (χ1) is 14.8. The van der Waals surface area contributed by atoms with E-state index in [9.17, 15) is 9.59 Å². The summed E-state index contributed by atoms with van der Waals surface area (Å²) in [6.45, 7) is 12.6. The number of nitrogens with one attached hydrogen (secondary N) is 2. The van der Waals surface area contributed by atoms with Crippen LogP contribution in [0.1, 0.15) is 57.3 Å². The molecule has 1 saturated heterocycles. The van der Waals surface area contributed by atoms with Crippen molar-refractivity contribution in [3.8, 4) is 0 Å². The molecular weight excluding hydrogens is 410 g/mol. The zero-order chi connectivity index (χ0) is 22.4. The van der Waals surface area contributed by atoms with Gasteiger partial charge in [-0.3, -0.25) is 14.5 Å². The number of aromatic nitrogens is 1. The lowest BCUT2D eigenvalue weighted by molar-refractivity contribution is -0.127. The van der Waals surface area contributed by atoms with Crippen molar-refractivity contribution in [2.24, 2.45) is 0 Å². The largest absolute Gasteiger partial charge is 0.361 e. The van der Waals surface area contributed by atoms with E-state index in [4.69, 9.17) is 0 Å². The number of carbonyl (C=O) groups excluding carboxylic acids is 2. The molecule has 0 unspecified atom stereocenters. The lowest BCUT2D eigenvalue weighted by Gasteiger charge is -2.30. The second-order valence-corrected chi connectivity index (χ2v) is 9.68. The summed E-state index contributed by atoms with van der Waals surface area (Å²) in [6.07, 6.45) is 2.57. The number of hydrogen-bond acceptors (Lipinski definition) is 6. The fraction of sp³-hybridized carbons (Fsp3) is 0.609. The van der Waals surface area contributed by atoms with Crippen LogP contribution in [-0.2, 0) is 4.79 Å². The van der Waals surface area contributed by atoms with Gasteiger partial charge in [-0.05, 0) is 58.7 Å². The lowest BCUT2D eigenvalue weighted by atomic mass is 10.2. The van der Waals surface area contributed by atoms with E-state index in [2.05, 4.69) is 48.2 Å². The number of thiazole rings is 1. The number of amides is 2. The highest BCUT2D eigenvalue weighted by atomic mass is 32.1. The third kappa shape index (κ3) is 6.40. The van der Waals surface area contributed by atoms with Crippen LogP contribution in [0.2, 0.25) is 0 Å². The fourth-order valence-corrected chi connectivity index (χ4v) is 4.99. The van der Waals surface area contributed by atoms with Gasteiger partial charge in [-0.15, -0.1) is 0 Å². The molecule has 31 heavy (non-hydrogen) atoms. The van der Waals surface area contributed by atoms with Gasteiger partial charge in [0.1, 0.15) is 0 Å². The van der Waals surface area contributed by atoms with Crippen LogP contribution in [0.15, 0.2) is 18.2 Å². The maximum Gasteiger partial charge on any atom is 0.251 e. The van der Waals surface area contributed by atoms with Crippen molar-refractivity contribution in [1.29, 1.82) is 0 Å². The van der Waals surface area contributed by atoms with Gasteiger partial charge in [0, 0.05) is 56.8 Å². The molecule has 2 heterocycles. The molecule has 0 aliphatic carbocycles. The summed E-state index contributed by atoms with van der Waals surface area (Å²) in [6, 6.07) is 6.56. The predicted octanol–water partition coefficient (Wildman–Crippen LogP) is 3.57. The molecule has 170 valence electrons. The normalized spacial score (nSPS) is 14.4. The summed E-state index contributed by atoms with van der Waals surface area (Å²) in [5, 5.41) is 7.24. The molecule has 0 spiro atoms. The summed E-state index contributed by atoms with van der Waals surface area (Å²) in [5.41, 5.74) is 1.56. The van der Waals surface area contributed by atoms with Gasteiger partial charge in [-0.25, -0.2) is 4.98 Å². The Hall–Kier alpha value is -2.19. The zero-order valence-corrected chi connectivity index (χ0v) is 19.9. The zero-order valence-electron chi connectivity index (χ0n) is 19.1. The molecule has 3 rings (SSSR count). The van der Waals surface area contributed by atoms with Crippen LogP contribution in [0.25, 0.3) is 10.2 Å². The van der Waals surface area contributed by atoms with Gasteiger partial charge in [-0.1, -0.05) is 11.3 Å². The Balaban J connectivity index is 1.49. The van der Waals surface area contributed by atoms with E-state index in [1.165, 1.54) is 0 Å². The highest BCUT2D eigenvalue weighted by molar-refractivity contribution is 7.22. The molecule has 2 N–H and O–H groups in total. The van der Waals surface area contributed by atoms with Crippen molar-refractivity contribution in [2.75, 3.05) is 38.0 Å². The Morgan fingerprint density at radius 1 is 1.23 bits per heavy atom. The lowest BCUT2D eigenvalue weighted by Crippen LogP contribution is -2.42. The van der Waals surface area contributed by atoms with Crippen LogP contribution in [0.3, 0.4) is 0 Å². The van der Waals surface area contributed by atoms with Crippen molar-refractivity contribution in [3.05, 3.63) is 23.8 Å². The number of fused-ring (bicyclic) bond motifs is 1. The van der Waals surface area contributed by atoms with Crippen LogP contribution in [0, 0.1) is 0 Å². The predicted molar refractivity (Wildman–Crippen MR) is 128 cm³/mol. The van der Waals surface area contributed by atoms with Crippen molar-refractivity contribution in [3.63, 3.8) is 0 Å². The van der Waals surface area contributed by atoms with E-state index >= 15 is 0 Å². The summed E-state index contributed by atoms with van der Waals surface area (Å²) in [4.78, 5) is 33.2. The second-order valence-electron chi connectivity index (χ2n) is 8.65. The van der Waals surface area contributed by atoms with Gasteiger partial charge < -0.3 is 15.5 Å². The SMILES string of the molecule is CC(C)N(CCNC(=O)c1ccc2nc(NCCCN3CCCC3=O)sc2c1)C(C)C. The van der Waals surface area contributed by atoms with Crippen LogP contribution < -0.4 is 10.6 Å². The first-order valence-electron chi connectivity index (χ1n) is 11.3. The molecule has 0 bridgehead atoms. The quantitative estimate of drug-likeness (QED) is 0.517. The van der Waals surface area contributed by atoms with E-state index in [1.54, 1.807) is 11.3 Å². The Morgan fingerprint density at radius 2 is 2.00 bits per heavy atom. The molecular formula is C23H35N5O2S. The number of carbonyl (C=O) groups is 2. The van der Waals surface area contributed by atoms with E-state index < -0.39 is 0 Å². The number of anilines is 1. The average molecular weight is 446 g/mol. The Kier molecular flexibility index (Phi) is 8.26. The first-order valence-corrected chi connectivity index (χ1v) is 12.1. The summed E-state index contributed by atoms with van der Waals surface area (Å²) >= 11 is 1.56. The average Bonchev–Trinajstić information content (AvgIpc) is 3.32. The van der Waals surface area contributed by atoms with Gasteiger partial charge in [0.25, 0.3) is 5.91 Å². The molecule has 1 aromatic carbocycles. The molecule has 1 aliphatic heterocycles. The van der Waals surface area contributed by atoms with Crippen LogP contribution in [-0.4, -0.2) is 71.4 Å². The van der Waals surface area contributed by atoms with Gasteiger partial charge in [0.2, 0.25) is 5.91 Å². The minimum Gasteiger partial charge on any atom is -0.361 e. The third-order valence-corrected chi connectivity index (χ3v) is 6.66. The summed E-state index contributed by atoms with van der Waals surface area (Å²) in [5.74, 6) is 0.222. The van der Waals surface area contributed by atoms with E-state index in [1.807, 2.05) is 23.1 Å². The molecule has 8 heteroatoms. The highest BCUT2D eigenvalue weighted by Gasteiger charge is 2.19. The maximum absolute atomic E-state index is 12.6. The minimum atomic E-state index is -0.0486. The van der Waals surface area contributed by atoms with Gasteiger partial charge in [0.15, 0.2) is 5.13 Å². The number of likely N-dealkylation sites (tertiary alicyclic amines) is 1. The van der Waals surface area contributed by atoms with Crippen LogP contribution >= 0.6 is 11.3 Å². The molecule has 1 aliphatic rings. The topological polar surface area (TPSA) is 77.6 Å². The van der Waals surface area contributed by atoms with E-state index in [-0.39, 0.29) is 11.8 Å². The molecule has 1 aromatic heterocycles. The number of hydrogen-bond donors (Lipinski definition) is 2. The number of benzene rings is 1. The smallest absolute Gasteiger partial charge is 0.251 e. The molecule has 0 saturated carbocycles. The molecule has 2 aromatic rings. The standard InChI is InChI=1S/C23H35N5O2S/c1-16(2)28(17(3)4)14-11-24-22(30)18-8-9-19-20(15-18)31-23(26-19)25-10-6-13-27-12-5-7-21(27)29/h8-9,15-17H,5-7,10-14H2,1-4H3,(H,24,30)(H,25,26). The molecule has 7 nitrogen and oxygen atoms in total. The monoisotopic (exact) mass is 445 g/mol. The highest BCUT2D eigenvalue weighted by Crippen LogP contribution is 2.27. The fourth-order valence-electron chi connectivity index (χ4n) is 4.06. The molecule has 1 fully saturated rings. The van der Waals surface area contributed by atoms with Gasteiger partial charge in [0.05, 0.1) is 10.2 Å². The first kappa shape index (κ1) is 23.5. The van der Waals surface area contributed by atoms with Crippen molar-refractivity contribution in [2.45, 2.75) is 59.0 Å². The summed E-state index contributed by atoms with van der Waals surface area (Å²) in [7, 11) is 0. The van der Waals surface area contributed by atoms with E-state index in [0.717, 1.165) is 54.4 Å². The van der Waals surface area contributed by atoms with Gasteiger partial charge >= 0.3 is 0 Å². The number of nitrogens with zero attached hydrogens (tertiary/aromatic N) is 3.